The van der Waals surface area contributed by atoms with E-state index in [1.165, 1.54) is 29.2 Å². The molecular formula is C18H20N2O6. The van der Waals surface area contributed by atoms with E-state index in [-0.39, 0.29) is 24.7 Å². The summed E-state index contributed by atoms with van der Waals surface area (Å²) in [5, 5.41) is 20.7. The monoisotopic (exact) mass is 360 g/mol. The van der Waals surface area contributed by atoms with E-state index in [9.17, 15) is 20.0 Å². The third-order valence-electron chi connectivity index (χ3n) is 3.66. The molecule has 0 heterocycles. The average Bonchev–Trinajstić information content (AvgIpc) is 2.66. The Kier molecular flexibility index (Phi) is 6.51. The molecule has 26 heavy (non-hydrogen) atoms. The number of benzene rings is 2. The number of nitro groups is 1. The lowest BCUT2D eigenvalue weighted by molar-refractivity contribution is -0.384. The third kappa shape index (κ3) is 5.18. The summed E-state index contributed by atoms with van der Waals surface area (Å²) in [4.78, 5) is 23.7. The van der Waals surface area contributed by atoms with Gasteiger partial charge in [0.1, 0.15) is 24.2 Å². The molecule has 0 radical (unpaired) electrons. The second-order valence-corrected chi connectivity index (χ2v) is 5.63. The van der Waals surface area contributed by atoms with Crippen LogP contribution in [0.3, 0.4) is 0 Å². The number of nitrogens with zero attached hydrogens (tertiary/aromatic N) is 2. The smallest absolute Gasteiger partial charge is 0.269 e. The van der Waals surface area contributed by atoms with Crippen LogP contribution in [-0.4, -0.2) is 54.3 Å². The van der Waals surface area contributed by atoms with Crippen LogP contribution in [0.2, 0.25) is 0 Å². The van der Waals surface area contributed by atoms with Crippen molar-refractivity contribution in [1.29, 1.82) is 0 Å². The van der Waals surface area contributed by atoms with Gasteiger partial charge in [0.05, 0.1) is 12.0 Å². The minimum atomic E-state index is -0.885. The molecule has 0 aromatic heterocycles. The minimum absolute atomic E-state index is 0.0181. The van der Waals surface area contributed by atoms with E-state index in [2.05, 4.69) is 0 Å². The van der Waals surface area contributed by atoms with Gasteiger partial charge in [-0.05, 0) is 36.4 Å². The molecule has 8 nitrogen and oxygen atoms in total. The minimum Gasteiger partial charge on any atom is -0.497 e. The summed E-state index contributed by atoms with van der Waals surface area (Å²) in [6.45, 7) is 0.0795. The predicted molar refractivity (Wildman–Crippen MR) is 94.6 cm³/mol. The molecule has 0 saturated heterocycles. The zero-order valence-corrected chi connectivity index (χ0v) is 14.5. The van der Waals surface area contributed by atoms with Crippen molar-refractivity contribution in [1.82, 2.24) is 4.90 Å². The second kappa shape index (κ2) is 8.82. The van der Waals surface area contributed by atoms with Crippen molar-refractivity contribution in [2.45, 2.75) is 6.10 Å². The number of ether oxygens (including phenoxy) is 2. The van der Waals surface area contributed by atoms with Gasteiger partial charge in [0.2, 0.25) is 0 Å². The highest BCUT2D eigenvalue weighted by Crippen LogP contribution is 2.17. The highest BCUT2D eigenvalue weighted by atomic mass is 16.6. The fourth-order valence-corrected chi connectivity index (χ4v) is 2.26. The van der Waals surface area contributed by atoms with Gasteiger partial charge in [-0.25, -0.2) is 0 Å². The molecular weight excluding hydrogens is 340 g/mol. The van der Waals surface area contributed by atoms with Crippen molar-refractivity contribution >= 4 is 11.6 Å². The van der Waals surface area contributed by atoms with Crippen LogP contribution in [0.15, 0.2) is 48.5 Å². The first kappa shape index (κ1) is 19.2. The lowest BCUT2D eigenvalue weighted by atomic mass is 10.2. The zero-order valence-electron chi connectivity index (χ0n) is 14.5. The molecule has 0 aliphatic carbocycles. The first-order valence-electron chi connectivity index (χ1n) is 7.85. The highest BCUT2D eigenvalue weighted by molar-refractivity contribution is 5.94. The molecule has 8 heteroatoms. The summed E-state index contributed by atoms with van der Waals surface area (Å²) in [6, 6.07) is 12.2. The number of hydrogen-bond acceptors (Lipinski definition) is 6. The molecule has 138 valence electrons. The van der Waals surface area contributed by atoms with Crippen molar-refractivity contribution < 1.29 is 24.3 Å². The number of likely N-dealkylation sites (N-methyl/N-ethyl adjacent to an activating group) is 1. The van der Waals surface area contributed by atoms with Gasteiger partial charge in [0.15, 0.2) is 0 Å². The lowest BCUT2D eigenvalue weighted by Crippen LogP contribution is -2.37. The number of nitro benzene ring substituents is 1. The van der Waals surface area contributed by atoms with Crippen LogP contribution in [0, 0.1) is 10.1 Å². The highest BCUT2D eigenvalue weighted by Gasteiger charge is 2.17. The van der Waals surface area contributed by atoms with Gasteiger partial charge in [0, 0.05) is 31.3 Å². The summed E-state index contributed by atoms with van der Waals surface area (Å²) in [6.07, 6.45) is -0.885. The summed E-state index contributed by atoms with van der Waals surface area (Å²) < 4.78 is 10.5. The zero-order chi connectivity index (χ0) is 19.1. The summed E-state index contributed by atoms with van der Waals surface area (Å²) in [5.74, 6) is 0.934. The topological polar surface area (TPSA) is 102 Å². The molecule has 0 spiro atoms. The standard InChI is InChI=1S/C18H20N2O6/c1-19(18(22)13-3-5-14(6-4-13)20(23)24)11-15(21)12-26-17-9-7-16(25-2)8-10-17/h3-10,15,21H,11-12H2,1-2H3/t15-/m0/s1. The number of aliphatic hydroxyl groups is 1. The quantitative estimate of drug-likeness (QED) is 0.571. The van der Waals surface area contributed by atoms with Crippen LogP contribution in [0.1, 0.15) is 10.4 Å². The van der Waals surface area contributed by atoms with E-state index in [1.54, 1.807) is 38.4 Å². The summed E-state index contributed by atoms with van der Waals surface area (Å²) in [5.41, 5.74) is 0.221. The average molecular weight is 360 g/mol. The Morgan fingerprint density at radius 2 is 1.73 bits per heavy atom. The van der Waals surface area contributed by atoms with E-state index in [0.717, 1.165) is 0 Å². The lowest BCUT2D eigenvalue weighted by Gasteiger charge is -2.21. The number of carbonyl (C=O) groups excluding carboxylic acids is 1. The molecule has 1 atom stereocenters. The van der Waals surface area contributed by atoms with Gasteiger partial charge in [-0.2, -0.15) is 0 Å². The van der Waals surface area contributed by atoms with Gasteiger partial charge in [-0.3, -0.25) is 14.9 Å². The molecule has 0 aliphatic rings. The van der Waals surface area contributed by atoms with E-state index in [1.807, 2.05) is 0 Å². The largest absolute Gasteiger partial charge is 0.497 e. The van der Waals surface area contributed by atoms with Crippen molar-refractivity contribution in [3.63, 3.8) is 0 Å². The molecule has 2 aromatic carbocycles. The van der Waals surface area contributed by atoms with Gasteiger partial charge < -0.3 is 19.5 Å². The fourth-order valence-electron chi connectivity index (χ4n) is 2.26. The Labute approximate surface area is 150 Å². The first-order valence-corrected chi connectivity index (χ1v) is 7.85. The number of rotatable bonds is 8. The Balaban J connectivity index is 1.85. The van der Waals surface area contributed by atoms with Crippen LogP contribution >= 0.6 is 0 Å². The van der Waals surface area contributed by atoms with Crippen LogP contribution in [0.25, 0.3) is 0 Å². The van der Waals surface area contributed by atoms with Crippen LogP contribution in [0.4, 0.5) is 5.69 Å². The molecule has 0 bridgehead atoms. The first-order chi connectivity index (χ1) is 12.4. The Morgan fingerprint density at radius 3 is 2.27 bits per heavy atom. The van der Waals surface area contributed by atoms with Crippen molar-refractivity contribution in [2.75, 3.05) is 27.3 Å². The molecule has 2 aromatic rings. The second-order valence-electron chi connectivity index (χ2n) is 5.63. The maximum Gasteiger partial charge on any atom is 0.269 e. The van der Waals surface area contributed by atoms with Crippen molar-refractivity contribution in [3.8, 4) is 11.5 Å². The Morgan fingerprint density at radius 1 is 1.15 bits per heavy atom. The number of carbonyl (C=O) groups is 1. The number of aliphatic hydroxyl groups excluding tert-OH is 1. The molecule has 1 amide bonds. The van der Waals surface area contributed by atoms with Crippen LogP contribution in [0.5, 0.6) is 11.5 Å². The van der Waals surface area contributed by atoms with Crippen molar-refractivity contribution in [3.05, 3.63) is 64.2 Å². The number of hydrogen-bond donors (Lipinski definition) is 1. The molecule has 2 rings (SSSR count). The molecule has 1 N–H and O–H groups in total. The number of non-ortho nitro benzene ring substituents is 1. The summed E-state index contributed by atoms with van der Waals surface area (Å²) >= 11 is 0. The van der Waals surface area contributed by atoms with Crippen LogP contribution < -0.4 is 9.47 Å². The van der Waals surface area contributed by atoms with Gasteiger partial charge in [-0.15, -0.1) is 0 Å². The van der Waals surface area contributed by atoms with Gasteiger partial charge in [-0.1, -0.05) is 0 Å². The normalized spacial score (nSPS) is 11.5. The number of amides is 1. The Bertz CT molecular complexity index is 745. The summed E-state index contributed by atoms with van der Waals surface area (Å²) in [7, 11) is 3.11. The molecule has 0 fully saturated rings. The van der Waals surface area contributed by atoms with E-state index in [0.29, 0.717) is 17.1 Å². The van der Waals surface area contributed by atoms with E-state index < -0.39 is 11.0 Å². The maximum absolute atomic E-state index is 12.3. The molecule has 0 unspecified atom stereocenters. The van der Waals surface area contributed by atoms with Gasteiger partial charge in [0.25, 0.3) is 11.6 Å². The Hall–Kier alpha value is -3.13. The third-order valence-corrected chi connectivity index (χ3v) is 3.66. The SMILES string of the molecule is COc1ccc(OC[C@@H](O)CN(C)C(=O)c2ccc([N+](=O)[O-])cc2)cc1. The van der Waals surface area contributed by atoms with Gasteiger partial charge >= 0.3 is 0 Å². The number of methoxy groups -OCH3 is 1. The van der Waals surface area contributed by atoms with E-state index in [4.69, 9.17) is 9.47 Å². The van der Waals surface area contributed by atoms with E-state index >= 15 is 0 Å². The fraction of sp³-hybridized carbons (Fsp3) is 0.278. The molecule has 0 aliphatic heterocycles. The maximum atomic E-state index is 12.3. The van der Waals surface area contributed by atoms with Crippen molar-refractivity contribution in [2.24, 2.45) is 0 Å². The van der Waals surface area contributed by atoms with Crippen LogP contribution in [-0.2, 0) is 0 Å². The predicted octanol–water partition coefficient (Wildman–Crippen LogP) is 2.12. The molecule has 0 saturated carbocycles.